The second-order valence-electron chi connectivity index (χ2n) is 9.66. The monoisotopic (exact) mass is 432 g/mol. The van der Waals surface area contributed by atoms with Gasteiger partial charge in [0.05, 0.1) is 0 Å². The molecule has 168 valence electrons. The number of rotatable bonds is 4. The fraction of sp³-hybridized carbons (Fsp3) is 0.481. The van der Waals surface area contributed by atoms with Crippen LogP contribution in [0.3, 0.4) is 0 Å². The normalized spacial score (nSPS) is 22.8. The molecule has 2 aliphatic heterocycles. The minimum Gasteiger partial charge on any atom is -0.481 e. The first-order chi connectivity index (χ1) is 15.6. The fourth-order valence-corrected chi connectivity index (χ4v) is 5.75. The Bertz CT molecular complexity index is 986. The highest BCUT2D eigenvalue weighted by molar-refractivity contribution is 5.95. The molecule has 0 radical (unpaired) electrons. The van der Waals surface area contributed by atoms with E-state index in [1.54, 1.807) is 0 Å². The summed E-state index contributed by atoms with van der Waals surface area (Å²) >= 11 is 0. The van der Waals surface area contributed by atoms with Crippen molar-refractivity contribution in [2.24, 2.45) is 5.92 Å². The SMILES string of the molecule is O=C(O)CC1CCC(c2ccc(-c3ccc4c(c3)CCN4C(=O)N3CCCC3)cc2)CC1. The third-order valence-electron chi connectivity index (χ3n) is 7.61. The second kappa shape index (κ2) is 8.97. The number of fused-ring (bicyclic) bond motifs is 1. The number of benzene rings is 2. The maximum absolute atomic E-state index is 12.8. The number of carbonyl (C=O) groups is 2. The molecular weight excluding hydrogens is 400 g/mol. The van der Waals surface area contributed by atoms with Gasteiger partial charge in [0, 0.05) is 31.7 Å². The van der Waals surface area contributed by atoms with Crippen LogP contribution in [-0.2, 0) is 11.2 Å². The van der Waals surface area contributed by atoms with Crippen LogP contribution in [0.5, 0.6) is 0 Å². The Kier molecular flexibility index (Phi) is 5.90. The molecule has 3 aliphatic rings. The quantitative estimate of drug-likeness (QED) is 0.676. The molecule has 0 unspecified atom stereocenters. The van der Waals surface area contributed by atoms with Gasteiger partial charge in [-0.1, -0.05) is 30.3 Å². The highest BCUT2D eigenvalue weighted by atomic mass is 16.4. The van der Waals surface area contributed by atoms with Crippen LogP contribution < -0.4 is 4.90 Å². The van der Waals surface area contributed by atoms with E-state index in [0.29, 0.717) is 18.3 Å². The zero-order chi connectivity index (χ0) is 22.1. The van der Waals surface area contributed by atoms with E-state index in [2.05, 4.69) is 42.5 Å². The van der Waals surface area contributed by atoms with Gasteiger partial charge in [-0.15, -0.1) is 0 Å². The first-order valence-electron chi connectivity index (χ1n) is 12.1. The van der Waals surface area contributed by atoms with E-state index in [0.717, 1.165) is 70.3 Å². The Morgan fingerprint density at radius 2 is 1.56 bits per heavy atom. The van der Waals surface area contributed by atoms with Crippen LogP contribution in [0.4, 0.5) is 10.5 Å². The molecule has 5 heteroatoms. The highest BCUT2D eigenvalue weighted by Gasteiger charge is 2.30. The molecule has 5 rings (SSSR count). The zero-order valence-electron chi connectivity index (χ0n) is 18.6. The third kappa shape index (κ3) is 4.25. The van der Waals surface area contributed by atoms with Crippen LogP contribution in [0.1, 0.15) is 62.0 Å². The Morgan fingerprint density at radius 1 is 0.875 bits per heavy atom. The summed E-state index contributed by atoms with van der Waals surface area (Å²) in [5, 5.41) is 9.02. The van der Waals surface area contributed by atoms with Crippen molar-refractivity contribution in [1.29, 1.82) is 0 Å². The molecule has 1 aliphatic carbocycles. The summed E-state index contributed by atoms with van der Waals surface area (Å²) in [5.41, 5.74) is 6.11. The van der Waals surface area contributed by atoms with Crippen molar-refractivity contribution in [3.05, 3.63) is 53.6 Å². The van der Waals surface area contributed by atoms with Crippen LogP contribution in [0.2, 0.25) is 0 Å². The molecule has 2 aromatic carbocycles. The van der Waals surface area contributed by atoms with Crippen LogP contribution in [-0.4, -0.2) is 41.6 Å². The molecule has 5 nitrogen and oxygen atoms in total. The molecule has 1 saturated carbocycles. The number of carbonyl (C=O) groups excluding carboxylic acids is 1. The van der Waals surface area contributed by atoms with Crippen molar-refractivity contribution >= 4 is 17.7 Å². The number of likely N-dealkylation sites (tertiary alicyclic amines) is 1. The first kappa shape index (κ1) is 21.0. The number of carboxylic acids is 1. The molecule has 2 fully saturated rings. The predicted octanol–water partition coefficient (Wildman–Crippen LogP) is 5.68. The lowest BCUT2D eigenvalue weighted by atomic mass is 9.77. The lowest BCUT2D eigenvalue weighted by Crippen LogP contribution is -2.40. The largest absolute Gasteiger partial charge is 0.481 e. The van der Waals surface area contributed by atoms with Gasteiger partial charge in [0.15, 0.2) is 0 Å². The smallest absolute Gasteiger partial charge is 0.324 e. The van der Waals surface area contributed by atoms with Gasteiger partial charge in [0.1, 0.15) is 0 Å². The van der Waals surface area contributed by atoms with Gasteiger partial charge in [0.2, 0.25) is 0 Å². The van der Waals surface area contributed by atoms with Crippen molar-refractivity contribution in [3.63, 3.8) is 0 Å². The summed E-state index contributed by atoms with van der Waals surface area (Å²) in [6, 6.07) is 15.6. The van der Waals surface area contributed by atoms with E-state index in [1.165, 1.54) is 22.3 Å². The Hall–Kier alpha value is -2.82. The highest BCUT2D eigenvalue weighted by Crippen LogP contribution is 2.38. The van der Waals surface area contributed by atoms with E-state index in [4.69, 9.17) is 5.11 Å². The maximum Gasteiger partial charge on any atom is 0.324 e. The van der Waals surface area contributed by atoms with Gasteiger partial charge in [-0.25, -0.2) is 4.79 Å². The van der Waals surface area contributed by atoms with Gasteiger partial charge < -0.3 is 10.0 Å². The third-order valence-corrected chi connectivity index (χ3v) is 7.61. The summed E-state index contributed by atoms with van der Waals surface area (Å²) in [7, 11) is 0. The maximum atomic E-state index is 12.8. The molecule has 0 spiro atoms. The number of carboxylic acid groups (broad SMARTS) is 1. The molecule has 2 heterocycles. The Labute approximate surface area is 190 Å². The molecule has 1 N–H and O–H groups in total. The molecular formula is C27H32N2O3. The minimum atomic E-state index is -0.671. The van der Waals surface area contributed by atoms with Crippen LogP contribution >= 0.6 is 0 Å². The number of hydrogen-bond donors (Lipinski definition) is 1. The molecule has 2 amide bonds. The van der Waals surface area contributed by atoms with Gasteiger partial charge in [0.25, 0.3) is 0 Å². The van der Waals surface area contributed by atoms with E-state index >= 15 is 0 Å². The fourth-order valence-electron chi connectivity index (χ4n) is 5.75. The van der Waals surface area contributed by atoms with Crippen molar-refractivity contribution in [2.45, 2.75) is 57.3 Å². The minimum absolute atomic E-state index is 0.163. The van der Waals surface area contributed by atoms with Crippen molar-refractivity contribution in [2.75, 3.05) is 24.5 Å². The average Bonchev–Trinajstić information content (AvgIpc) is 3.49. The van der Waals surface area contributed by atoms with Crippen molar-refractivity contribution in [3.8, 4) is 11.1 Å². The van der Waals surface area contributed by atoms with E-state index in [-0.39, 0.29) is 6.03 Å². The number of urea groups is 1. The van der Waals surface area contributed by atoms with Crippen LogP contribution in [0, 0.1) is 5.92 Å². The molecule has 0 aromatic heterocycles. The number of anilines is 1. The zero-order valence-corrected chi connectivity index (χ0v) is 18.6. The number of nitrogens with zero attached hydrogens (tertiary/aromatic N) is 2. The first-order valence-corrected chi connectivity index (χ1v) is 12.1. The van der Waals surface area contributed by atoms with E-state index in [9.17, 15) is 9.59 Å². The summed E-state index contributed by atoms with van der Waals surface area (Å²) in [5.74, 6) is 0.210. The molecule has 0 bridgehead atoms. The van der Waals surface area contributed by atoms with Crippen LogP contribution in [0.15, 0.2) is 42.5 Å². The van der Waals surface area contributed by atoms with Gasteiger partial charge in [-0.05, 0) is 91.2 Å². The standard InChI is InChI=1S/C27H32N2O3/c30-26(31)17-19-3-5-20(6-4-19)21-7-9-22(10-8-21)23-11-12-25-24(18-23)13-16-29(25)27(32)28-14-1-2-15-28/h7-12,18-20H,1-6,13-17H2,(H,30,31). The van der Waals surface area contributed by atoms with Gasteiger partial charge in [-0.2, -0.15) is 0 Å². The van der Waals surface area contributed by atoms with E-state index < -0.39 is 5.97 Å². The second-order valence-corrected chi connectivity index (χ2v) is 9.66. The lowest BCUT2D eigenvalue weighted by Gasteiger charge is -2.28. The van der Waals surface area contributed by atoms with Crippen molar-refractivity contribution < 1.29 is 14.7 Å². The van der Waals surface area contributed by atoms with Crippen molar-refractivity contribution in [1.82, 2.24) is 4.90 Å². The summed E-state index contributed by atoms with van der Waals surface area (Å²) in [6.45, 7) is 2.55. The number of amides is 2. The summed E-state index contributed by atoms with van der Waals surface area (Å²) in [6.07, 6.45) is 7.64. The molecule has 0 atom stereocenters. The topological polar surface area (TPSA) is 60.9 Å². The Morgan fingerprint density at radius 3 is 2.25 bits per heavy atom. The summed E-state index contributed by atoms with van der Waals surface area (Å²) in [4.78, 5) is 27.7. The molecule has 1 saturated heterocycles. The lowest BCUT2D eigenvalue weighted by molar-refractivity contribution is -0.138. The number of hydrogen-bond acceptors (Lipinski definition) is 2. The number of aliphatic carboxylic acids is 1. The molecule has 32 heavy (non-hydrogen) atoms. The Balaban J connectivity index is 1.25. The van der Waals surface area contributed by atoms with Crippen LogP contribution in [0.25, 0.3) is 11.1 Å². The van der Waals surface area contributed by atoms with Gasteiger partial charge in [-0.3, -0.25) is 9.69 Å². The van der Waals surface area contributed by atoms with E-state index in [1.807, 2.05) is 9.80 Å². The summed E-state index contributed by atoms with van der Waals surface area (Å²) < 4.78 is 0. The predicted molar refractivity (Wildman–Crippen MR) is 126 cm³/mol. The van der Waals surface area contributed by atoms with Gasteiger partial charge >= 0.3 is 12.0 Å². The average molecular weight is 433 g/mol. The molecule has 2 aromatic rings.